The minimum atomic E-state index is -0.663. The Hall–Kier alpha value is -3.48. The third-order valence-electron chi connectivity index (χ3n) is 4.95. The molecule has 29 heavy (non-hydrogen) atoms. The lowest BCUT2D eigenvalue weighted by Crippen LogP contribution is -2.55. The zero-order chi connectivity index (χ0) is 21.2. The van der Waals surface area contributed by atoms with Crippen LogP contribution in [0.4, 0.5) is 0 Å². The van der Waals surface area contributed by atoms with Gasteiger partial charge in [0, 0.05) is 18.8 Å². The zero-order valence-corrected chi connectivity index (χ0v) is 16.7. The number of nitrogens with one attached hydrogen (secondary N) is 2. The van der Waals surface area contributed by atoms with Gasteiger partial charge in [0.25, 0.3) is 5.91 Å². The maximum atomic E-state index is 12.6. The highest BCUT2D eigenvalue weighted by Crippen LogP contribution is 2.28. The summed E-state index contributed by atoms with van der Waals surface area (Å²) in [7, 11) is 0. The molecule has 2 aromatic rings. The summed E-state index contributed by atoms with van der Waals surface area (Å²) in [4.78, 5) is 41.6. The molecule has 0 radical (unpaired) electrons. The first-order valence-corrected chi connectivity index (χ1v) is 9.32. The molecule has 1 aliphatic rings. The minimum Gasteiger partial charge on any atom is -0.339 e. The van der Waals surface area contributed by atoms with Crippen molar-refractivity contribution in [3.8, 4) is 0 Å². The van der Waals surface area contributed by atoms with Gasteiger partial charge in [-0.2, -0.15) is 0 Å². The molecule has 1 aliphatic heterocycles. The molecule has 0 aliphatic carbocycles. The Labute approximate surface area is 169 Å². The molecule has 2 N–H and O–H groups in total. The van der Waals surface area contributed by atoms with Gasteiger partial charge in [-0.1, -0.05) is 50.3 Å². The molecule has 1 fully saturated rings. The molecule has 0 saturated carbocycles. The molecule has 1 unspecified atom stereocenters. The first-order chi connectivity index (χ1) is 13.7. The summed E-state index contributed by atoms with van der Waals surface area (Å²) in [6.07, 6.45) is 5.01. The highest BCUT2D eigenvalue weighted by molar-refractivity contribution is 6.07. The fourth-order valence-corrected chi connectivity index (χ4v) is 3.15. The van der Waals surface area contributed by atoms with Gasteiger partial charge in [0.15, 0.2) is 0 Å². The van der Waals surface area contributed by atoms with E-state index in [4.69, 9.17) is 0 Å². The van der Waals surface area contributed by atoms with Gasteiger partial charge in [-0.15, -0.1) is 6.58 Å². The predicted octanol–water partition coefficient (Wildman–Crippen LogP) is 2.21. The van der Waals surface area contributed by atoms with Crippen LogP contribution in [-0.4, -0.2) is 33.3 Å². The molecule has 0 spiro atoms. The highest BCUT2D eigenvalue weighted by Gasteiger charge is 2.31. The van der Waals surface area contributed by atoms with E-state index in [-0.39, 0.29) is 17.5 Å². The minimum absolute atomic E-state index is 0.0726. The largest absolute Gasteiger partial charge is 0.339 e. The Kier molecular flexibility index (Phi) is 5.50. The van der Waals surface area contributed by atoms with Gasteiger partial charge >= 0.3 is 0 Å². The maximum absolute atomic E-state index is 12.6. The number of piperazine rings is 1. The van der Waals surface area contributed by atoms with Gasteiger partial charge in [0.05, 0.1) is 11.4 Å². The number of rotatable bonds is 5. The quantitative estimate of drug-likeness (QED) is 0.603. The van der Waals surface area contributed by atoms with Gasteiger partial charge in [-0.25, -0.2) is 4.98 Å². The number of aromatic nitrogens is 2. The summed E-state index contributed by atoms with van der Waals surface area (Å²) < 4.78 is 1.35. The average Bonchev–Trinajstić information content (AvgIpc) is 3.11. The van der Waals surface area contributed by atoms with E-state index in [1.54, 1.807) is 6.08 Å². The van der Waals surface area contributed by atoms with E-state index >= 15 is 0 Å². The van der Waals surface area contributed by atoms with E-state index in [1.807, 2.05) is 44.2 Å². The summed E-state index contributed by atoms with van der Waals surface area (Å²) in [6.45, 7) is 9.04. The summed E-state index contributed by atoms with van der Waals surface area (Å²) in [6, 6.07) is 8.80. The Morgan fingerprint density at radius 2 is 1.97 bits per heavy atom. The Balaban J connectivity index is 1.91. The molecule has 2 heterocycles. The standard InChI is InChI=1S/C22H24N4O3/c1-5-22(3,4)19-18(26(13-23-19)14(2)27)12-17-21(29)24-16(20(28)25-17)11-15-9-7-6-8-10-15/h5-10,12-13,16H,1,11H2,2-4H3,(H,24,29)(H,25,28)/b17-12-. The Bertz CT molecular complexity index is 1000. The van der Waals surface area contributed by atoms with Crippen LogP contribution < -0.4 is 10.6 Å². The van der Waals surface area contributed by atoms with E-state index < -0.39 is 17.4 Å². The number of carbonyl (C=O) groups excluding carboxylic acids is 3. The van der Waals surface area contributed by atoms with E-state index in [0.717, 1.165) is 5.56 Å². The van der Waals surface area contributed by atoms with Crippen molar-refractivity contribution in [1.29, 1.82) is 0 Å². The number of amides is 2. The van der Waals surface area contributed by atoms with Crippen molar-refractivity contribution in [3.63, 3.8) is 0 Å². The van der Waals surface area contributed by atoms with Crippen LogP contribution >= 0.6 is 0 Å². The summed E-state index contributed by atoms with van der Waals surface area (Å²) in [5.74, 6) is -0.970. The molecule has 7 heteroatoms. The monoisotopic (exact) mass is 392 g/mol. The van der Waals surface area contributed by atoms with Crippen LogP contribution in [0.1, 0.15) is 42.5 Å². The number of carbonyl (C=O) groups is 3. The first-order valence-electron chi connectivity index (χ1n) is 9.32. The summed E-state index contributed by atoms with van der Waals surface area (Å²) in [5.41, 5.74) is 1.52. The van der Waals surface area contributed by atoms with Crippen molar-refractivity contribution in [2.45, 2.75) is 38.6 Å². The molecule has 1 aromatic heterocycles. The van der Waals surface area contributed by atoms with Gasteiger partial charge in [0.1, 0.15) is 18.1 Å². The van der Waals surface area contributed by atoms with Crippen molar-refractivity contribution in [1.82, 2.24) is 20.2 Å². The third kappa shape index (κ3) is 4.18. The van der Waals surface area contributed by atoms with Crippen molar-refractivity contribution in [3.05, 3.63) is 72.0 Å². The van der Waals surface area contributed by atoms with E-state index in [1.165, 1.54) is 23.9 Å². The second-order valence-corrected chi connectivity index (χ2v) is 7.56. The fraction of sp³-hybridized carbons (Fsp3) is 0.273. The van der Waals surface area contributed by atoms with Crippen LogP contribution in [0.3, 0.4) is 0 Å². The second-order valence-electron chi connectivity index (χ2n) is 7.56. The molecule has 1 saturated heterocycles. The molecular formula is C22H24N4O3. The number of nitrogens with zero attached hydrogens (tertiary/aromatic N) is 2. The average molecular weight is 392 g/mol. The van der Waals surface area contributed by atoms with Gasteiger partial charge in [0.2, 0.25) is 11.8 Å². The molecule has 3 rings (SSSR count). The highest BCUT2D eigenvalue weighted by atomic mass is 16.2. The number of benzene rings is 1. The number of allylic oxidation sites excluding steroid dienone is 1. The maximum Gasteiger partial charge on any atom is 0.268 e. The normalized spacial score (nSPS) is 18.3. The summed E-state index contributed by atoms with van der Waals surface area (Å²) in [5, 5.41) is 5.41. The molecule has 2 amide bonds. The van der Waals surface area contributed by atoms with Crippen molar-refractivity contribution in [2.75, 3.05) is 0 Å². The SMILES string of the molecule is C=CC(C)(C)c1ncn(C(C)=O)c1/C=C1\NC(=O)C(Cc2ccccc2)NC1=O. The number of hydrogen-bond acceptors (Lipinski definition) is 4. The summed E-state index contributed by atoms with van der Waals surface area (Å²) >= 11 is 0. The zero-order valence-electron chi connectivity index (χ0n) is 16.7. The van der Waals surface area contributed by atoms with E-state index in [0.29, 0.717) is 17.8 Å². The van der Waals surface area contributed by atoms with Crippen LogP contribution in [0.2, 0.25) is 0 Å². The predicted molar refractivity (Wildman–Crippen MR) is 110 cm³/mol. The fourth-order valence-electron chi connectivity index (χ4n) is 3.15. The topological polar surface area (TPSA) is 93.1 Å². The van der Waals surface area contributed by atoms with Gasteiger partial charge in [-0.05, 0) is 11.6 Å². The molecule has 1 atom stereocenters. The van der Waals surface area contributed by atoms with Crippen molar-refractivity contribution in [2.24, 2.45) is 0 Å². The van der Waals surface area contributed by atoms with Gasteiger partial charge in [-0.3, -0.25) is 19.0 Å². The van der Waals surface area contributed by atoms with Crippen molar-refractivity contribution >= 4 is 23.8 Å². The first kappa shape index (κ1) is 20.3. The van der Waals surface area contributed by atoms with Crippen molar-refractivity contribution < 1.29 is 14.4 Å². The second kappa shape index (κ2) is 7.87. The molecule has 7 nitrogen and oxygen atoms in total. The van der Waals surface area contributed by atoms with Crippen LogP contribution in [0.5, 0.6) is 0 Å². The molecule has 1 aromatic carbocycles. The molecular weight excluding hydrogens is 368 g/mol. The Morgan fingerprint density at radius 3 is 2.59 bits per heavy atom. The van der Waals surface area contributed by atoms with Gasteiger partial charge < -0.3 is 10.6 Å². The van der Waals surface area contributed by atoms with Crippen LogP contribution in [0.25, 0.3) is 6.08 Å². The lowest BCUT2D eigenvalue weighted by molar-refractivity contribution is -0.131. The Morgan fingerprint density at radius 1 is 1.28 bits per heavy atom. The van der Waals surface area contributed by atoms with Crippen LogP contribution in [-0.2, 0) is 21.4 Å². The lowest BCUT2D eigenvalue weighted by Gasteiger charge is -2.25. The van der Waals surface area contributed by atoms with E-state index in [9.17, 15) is 14.4 Å². The van der Waals surface area contributed by atoms with Crippen LogP contribution in [0, 0.1) is 0 Å². The van der Waals surface area contributed by atoms with E-state index in [2.05, 4.69) is 22.2 Å². The van der Waals surface area contributed by atoms with Crippen LogP contribution in [0.15, 0.2) is 55.0 Å². The molecule has 150 valence electrons. The smallest absolute Gasteiger partial charge is 0.268 e. The third-order valence-corrected chi connectivity index (χ3v) is 4.95. The lowest BCUT2D eigenvalue weighted by atomic mass is 9.88. The number of imidazole rings is 1. The molecule has 0 bridgehead atoms. The number of hydrogen-bond donors (Lipinski definition) is 2.